The molecule has 0 aromatic heterocycles. The van der Waals surface area contributed by atoms with Gasteiger partial charge in [-0.25, -0.2) is 4.57 Å². The summed E-state index contributed by atoms with van der Waals surface area (Å²) in [6.07, 6.45) is -1.43. The van der Waals surface area contributed by atoms with Crippen LogP contribution in [-0.4, -0.2) is 87.2 Å². The number of hydrogen-bond acceptors (Lipinski definition) is 13. The second-order valence-electron chi connectivity index (χ2n) is 19.1. The standard InChI is InChI=1S/C48H51N6O10P/c1-46(2)43(40(52-19-7-10-37(52)55)31-22-28(25-49)13-16-34(31)59-46)62-65(58,63-44-41(53-20-8-11-38(53)56)32-23-29(26-50)14-17-35(32)60-47(44,3)4)64-45-42(54-21-9-12-39(54)57)33-24-30(27-51)15-18-36(33)61-48(45,5)6/h13-18,22-24,40-45H,7-12,19-21H2,1-6H3/t40-,41-,42-,43+,44+,45+/m1/s1. The number of nitriles is 3. The molecular weight excluding hydrogens is 852 g/mol. The van der Waals surface area contributed by atoms with Crippen molar-refractivity contribution in [2.24, 2.45) is 0 Å². The fourth-order valence-corrected chi connectivity index (χ4v) is 12.5. The minimum Gasteiger partial charge on any atom is -0.485 e. The van der Waals surface area contributed by atoms with E-state index in [0.29, 0.717) is 89.5 Å². The van der Waals surface area contributed by atoms with Crippen LogP contribution in [0.4, 0.5) is 0 Å². The first-order valence-electron chi connectivity index (χ1n) is 22.1. The Morgan fingerprint density at radius 1 is 0.523 bits per heavy atom. The van der Waals surface area contributed by atoms with E-state index in [9.17, 15) is 30.2 Å². The van der Waals surface area contributed by atoms with Crippen molar-refractivity contribution in [2.75, 3.05) is 19.6 Å². The summed E-state index contributed by atoms with van der Waals surface area (Å²) in [5.74, 6) is 0.705. The molecule has 0 spiro atoms. The van der Waals surface area contributed by atoms with Gasteiger partial charge in [-0.2, -0.15) is 15.8 Å². The van der Waals surface area contributed by atoms with Gasteiger partial charge in [0.25, 0.3) is 0 Å². The van der Waals surface area contributed by atoms with Crippen molar-refractivity contribution in [3.05, 3.63) is 88.0 Å². The first-order chi connectivity index (χ1) is 30.9. The highest BCUT2D eigenvalue weighted by molar-refractivity contribution is 7.48. The molecule has 3 fully saturated rings. The van der Waals surface area contributed by atoms with Gasteiger partial charge >= 0.3 is 7.82 Å². The Kier molecular flexibility index (Phi) is 11.0. The number of benzene rings is 3. The van der Waals surface area contributed by atoms with Crippen molar-refractivity contribution in [2.45, 2.75) is 133 Å². The molecule has 0 saturated carbocycles. The normalized spacial score (nSPS) is 27.3. The average Bonchev–Trinajstić information content (AvgIpc) is 4.01. The van der Waals surface area contributed by atoms with E-state index in [1.807, 2.05) is 0 Å². The molecule has 3 aromatic carbocycles. The van der Waals surface area contributed by atoms with E-state index in [2.05, 4.69) is 18.2 Å². The zero-order valence-electron chi connectivity index (χ0n) is 37.2. The molecule has 6 atom stereocenters. The predicted octanol–water partition coefficient (Wildman–Crippen LogP) is 7.47. The van der Waals surface area contributed by atoms with Crippen LogP contribution in [0.1, 0.15) is 132 Å². The Morgan fingerprint density at radius 3 is 1.03 bits per heavy atom. The van der Waals surface area contributed by atoms with Crippen LogP contribution in [0.5, 0.6) is 17.2 Å². The summed E-state index contributed by atoms with van der Waals surface area (Å²) >= 11 is 0. The zero-order valence-corrected chi connectivity index (χ0v) is 38.1. The largest absolute Gasteiger partial charge is 0.485 e. The highest BCUT2D eigenvalue weighted by atomic mass is 31.2. The monoisotopic (exact) mass is 902 g/mol. The fraction of sp³-hybridized carbons (Fsp3) is 0.500. The van der Waals surface area contributed by atoms with E-state index in [-0.39, 0.29) is 37.0 Å². The Morgan fingerprint density at radius 2 is 0.800 bits per heavy atom. The lowest BCUT2D eigenvalue weighted by Crippen LogP contribution is -2.58. The second kappa shape index (κ2) is 16.2. The van der Waals surface area contributed by atoms with Crippen LogP contribution in [0.3, 0.4) is 0 Å². The number of hydrogen-bond donors (Lipinski definition) is 0. The third kappa shape index (κ3) is 7.79. The van der Waals surface area contributed by atoms with Crippen LogP contribution in [-0.2, 0) is 32.5 Å². The van der Waals surface area contributed by atoms with Gasteiger partial charge < -0.3 is 28.9 Å². The average molecular weight is 903 g/mol. The smallest absolute Gasteiger partial charge is 0.476 e. The van der Waals surface area contributed by atoms with Gasteiger partial charge in [-0.15, -0.1) is 0 Å². The fourth-order valence-electron chi connectivity index (χ4n) is 10.4. The second-order valence-corrected chi connectivity index (χ2v) is 20.7. The van der Waals surface area contributed by atoms with Crippen molar-refractivity contribution in [3.63, 3.8) is 0 Å². The van der Waals surface area contributed by atoms with Gasteiger partial charge in [0.15, 0.2) is 0 Å². The van der Waals surface area contributed by atoms with Crippen LogP contribution in [0.15, 0.2) is 54.6 Å². The van der Waals surface area contributed by atoms with E-state index in [1.165, 1.54) is 0 Å². The highest BCUT2D eigenvalue weighted by Crippen LogP contribution is 2.64. The van der Waals surface area contributed by atoms with E-state index in [4.69, 9.17) is 27.8 Å². The first-order valence-corrected chi connectivity index (χ1v) is 23.6. The number of phosphoric acid groups is 1. The molecule has 17 heteroatoms. The first kappa shape index (κ1) is 44.3. The summed E-state index contributed by atoms with van der Waals surface area (Å²) in [6.45, 7) is 11.5. The molecule has 3 amide bonds. The number of likely N-dealkylation sites (tertiary alicyclic amines) is 3. The maximum atomic E-state index is 16.8. The molecule has 0 aliphatic carbocycles. The quantitative estimate of drug-likeness (QED) is 0.191. The molecule has 3 aromatic rings. The molecule has 0 bridgehead atoms. The third-order valence-electron chi connectivity index (χ3n) is 13.5. The molecule has 9 rings (SSSR count). The Balaban J connectivity index is 1.24. The molecule has 65 heavy (non-hydrogen) atoms. The van der Waals surface area contributed by atoms with Gasteiger partial charge in [0.05, 0.1) is 53.0 Å². The lowest BCUT2D eigenvalue weighted by Gasteiger charge is -2.51. The van der Waals surface area contributed by atoms with E-state index >= 15 is 4.57 Å². The van der Waals surface area contributed by atoms with Crippen LogP contribution in [0.25, 0.3) is 0 Å². The lowest BCUT2D eigenvalue weighted by molar-refractivity contribution is -0.155. The highest BCUT2D eigenvalue weighted by Gasteiger charge is 2.60. The van der Waals surface area contributed by atoms with Crippen molar-refractivity contribution < 1.29 is 46.7 Å². The number of rotatable bonds is 9. The Labute approximate surface area is 378 Å². The van der Waals surface area contributed by atoms with Gasteiger partial charge in [0.1, 0.15) is 52.4 Å². The maximum absolute atomic E-state index is 16.8. The molecule has 3 saturated heterocycles. The zero-order chi connectivity index (χ0) is 46.2. The Bertz CT molecular complexity index is 2380. The van der Waals surface area contributed by atoms with E-state index in [0.717, 1.165) is 0 Å². The molecular formula is C48H51N6O10P. The minimum absolute atomic E-state index is 0.176. The van der Waals surface area contributed by atoms with Crippen LogP contribution in [0.2, 0.25) is 0 Å². The van der Waals surface area contributed by atoms with Crippen molar-refractivity contribution in [1.29, 1.82) is 15.8 Å². The van der Waals surface area contributed by atoms with Gasteiger partial charge in [-0.3, -0.25) is 28.0 Å². The minimum atomic E-state index is -5.20. The lowest BCUT2D eigenvalue weighted by atomic mass is 9.85. The van der Waals surface area contributed by atoms with Crippen molar-refractivity contribution >= 4 is 25.5 Å². The van der Waals surface area contributed by atoms with Crippen LogP contribution >= 0.6 is 7.82 Å². The summed E-state index contributed by atoms with van der Waals surface area (Å²) in [4.78, 5) is 46.4. The summed E-state index contributed by atoms with van der Waals surface area (Å²) < 4.78 is 57.7. The van der Waals surface area contributed by atoms with Crippen LogP contribution in [0, 0.1) is 34.0 Å². The number of carbonyl (C=O) groups is 3. The Hall–Kier alpha value is -5.95. The van der Waals surface area contributed by atoms with Gasteiger partial charge in [0.2, 0.25) is 17.7 Å². The predicted molar refractivity (Wildman–Crippen MR) is 231 cm³/mol. The van der Waals surface area contributed by atoms with Crippen molar-refractivity contribution in [3.8, 4) is 35.5 Å². The van der Waals surface area contributed by atoms with Gasteiger partial charge in [-0.1, -0.05) is 0 Å². The maximum Gasteiger partial charge on any atom is 0.476 e. The van der Waals surface area contributed by atoms with Crippen molar-refractivity contribution in [1.82, 2.24) is 14.7 Å². The SMILES string of the molecule is CC1(C)Oc2ccc(C#N)cc2[C@@H](N2CCCC2=O)[C@@H]1OP(=O)(O[C@H]1[C@H](N2CCCC2=O)c2cc(C#N)ccc2OC1(C)C)O[C@H]1[C@H](N2CCCC2=O)c2cc(C#N)ccc2OC1(C)C. The van der Waals surface area contributed by atoms with Gasteiger partial charge in [-0.05, 0) is 115 Å². The molecule has 6 heterocycles. The number of carbonyl (C=O) groups excluding carboxylic acids is 3. The molecule has 6 aliphatic rings. The third-order valence-corrected chi connectivity index (χ3v) is 14.9. The molecule has 16 nitrogen and oxygen atoms in total. The molecule has 0 unspecified atom stereocenters. The number of amides is 3. The molecule has 338 valence electrons. The number of nitrogens with zero attached hydrogens (tertiary/aromatic N) is 6. The topological polar surface area (TPSA) is 205 Å². The van der Waals surface area contributed by atoms with E-state index in [1.54, 1.807) is 111 Å². The van der Waals surface area contributed by atoms with Crippen LogP contribution < -0.4 is 14.2 Å². The summed E-state index contributed by atoms with van der Waals surface area (Å²) in [5, 5.41) is 30.1. The summed E-state index contributed by atoms with van der Waals surface area (Å²) in [7, 11) is -5.20. The molecule has 0 radical (unpaired) electrons. The summed E-state index contributed by atoms with van der Waals surface area (Å²) in [6, 6.07) is 18.5. The number of phosphoric ester groups is 1. The number of fused-ring (bicyclic) bond motifs is 3. The van der Waals surface area contributed by atoms with Gasteiger partial charge in [0, 0.05) is 55.6 Å². The molecule has 0 N–H and O–H groups in total. The number of ether oxygens (including phenoxy) is 3. The van der Waals surface area contributed by atoms with E-state index < -0.39 is 61.1 Å². The summed E-state index contributed by atoms with van der Waals surface area (Å²) in [5.41, 5.74) is -1.70. The molecule has 6 aliphatic heterocycles.